The third-order valence-corrected chi connectivity index (χ3v) is 6.50. The van der Waals surface area contributed by atoms with Crippen molar-refractivity contribution in [1.82, 2.24) is 4.90 Å². The number of hydrogen-bond acceptors (Lipinski definition) is 7. The van der Waals surface area contributed by atoms with Gasteiger partial charge in [-0.3, -0.25) is 4.79 Å². The van der Waals surface area contributed by atoms with Crippen molar-refractivity contribution in [3.63, 3.8) is 0 Å². The highest BCUT2D eigenvalue weighted by Crippen LogP contribution is 2.41. The number of piperidine rings is 1. The number of carbonyl (C=O) groups is 2. The van der Waals surface area contributed by atoms with Crippen LogP contribution in [0, 0.1) is 6.92 Å². The van der Waals surface area contributed by atoms with Crippen molar-refractivity contribution in [2.24, 2.45) is 0 Å². The number of amides is 1. The van der Waals surface area contributed by atoms with Crippen molar-refractivity contribution >= 4 is 17.6 Å². The van der Waals surface area contributed by atoms with Crippen LogP contribution >= 0.6 is 0 Å². The number of Topliss-reactive ketones (excluding diaryl/α,β-unsaturated/α-hetero) is 1. The second-order valence-corrected chi connectivity index (χ2v) is 10.7. The van der Waals surface area contributed by atoms with E-state index in [1.54, 1.807) is 23.1 Å². The Morgan fingerprint density at radius 2 is 1.92 bits per heavy atom. The van der Waals surface area contributed by atoms with Gasteiger partial charge in [0.1, 0.15) is 35.4 Å². The summed E-state index contributed by atoms with van der Waals surface area (Å²) in [5.41, 5.74) is 1.42. The molecule has 2 aromatic rings. The Bertz CT molecular complexity index is 1100. The average molecular weight is 497 g/mol. The van der Waals surface area contributed by atoms with Gasteiger partial charge in [-0.15, -0.1) is 0 Å². The first-order chi connectivity index (χ1) is 17.0. The minimum absolute atomic E-state index is 0.0241. The third kappa shape index (κ3) is 6.29. The lowest BCUT2D eigenvalue weighted by atomic mass is 9.82. The monoisotopic (exact) mass is 496 g/mol. The van der Waals surface area contributed by atoms with E-state index in [0.717, 1.165) is 11.3 Å². The van der Waals surface area contributed by atoms with Crippen LogP contribution in [0.5, 0.6) is 11.5 Å². The van der Waals surface area contributed by atoms with Gasteiger partial charge in [0.25, 0.3) is 0 Å². The molecule has 2 aliphatic heterocycles. The zero-order chi connectivity index (χ0) is 25.9. The summed E-state index contributed by atoms with van der Waals surface area (Å²) < 4.78 is 17.7. The first kappa shape index (κ1) is 25.8. The molecule has 36 heavy (non-hydrogen) atoms. The molecule has 4 rings (SSSR count). The van der Waals surface area contributed by atoms with Crippen LogP contribution in [0.15, 0.2) is 42.5 Å². The van der Waals surface area contributed by atoms with Crippen LogP contribution in [0.25, 0.3) is 0 Å². The Labute approximate surface area is 212 Å². The van der Waals surface area contributed by atoms with Gasteiger partial charge >= 0.3 is 6.09 Å². The molecule has 8 nitrogen and oxygen atoms in total. The Balaban J connectivity index is 1.33. The molecule has 2 aliphatic rings. The van der Waals surface area contributed by atoms with E-state index < -0.39 is 17.3 Å². The minimum Gasteiger partial charge on any atom is -0.491 e. The average Bonchev–Trinajstić information content (AvgIpc) is 2.81. The van der Waals surface area contributed by atoms with Crippen molar-refractivity contribution in [2.45, 2.75) is 64.3 Å². The van der Waals surface area contributed by atoms with Crippen LogP contribution < -0.4 is 14.8 Å². The van der Waals surface area contributed by atoms with E-state index in [4.69, 9.17) is 14.2 Å². The maximum atomic E-state index is 12.9. The number of aliphatic hydroxyl groups is 1. The summed E-state index contributed by atoms with van der Waals surface area (Å²) in [6.07, 6.45) is 0.321. The van der Waals surface area contributed by atoms with E-state index in [1.165, 1.54) is 0 Å². The maximum Gasteiger partial charge on any atom is 0.410 e. The molecule has 1 unspecified atom stereocenters. The number of rotatable bonds is 6. The third-order valence-electron chi connectivity index (χ3n) is 6.50. The van der Waals surface area contributed by atoms with E-state index >= 15 is 0 Å². The number of carbonyl (C=O) groups excluding carboxylic acids is 2. The summed E-state index contributed by atoms with van der Waals surface area (Å²) in [6, 6.07) is 13.1. The number of aliphatic hydroxyl groups excluding tert-OH is 1. The highest BCUT2D eigenvalue weighted by molar-refractivity contribution is 6.00. The van der Waals surface area contributed by atoms with E-state index in [9.17, 15) is 14.7 Å². The highest BCUT2D eigenvalue weighted by atomic mass is 16.6. The van der Waals surface area contributed by atoms with Gasteiger partial charge < -0.3 is 29.5 Å². The van der Waals surface area contributed by atoms with Crippen molar-refractivity contribution < 1.29 is 28.9 Å². The molecule has 0 aromatic heterocycles. The standard InChI is InChI=1S/C28H36N2O6/c1-19-7-5-6-8-23(19)29-17-20(31)18-34-21-9-10-22-24(32)16-28(35-25(22)15-21)11-13-30(14-12-28)26(33)36-27(2,3)4/h5-10,15,20,29,31H,11-14,16-18H2,1-4H3. The van der Waals surface area contributed by atoms with Gasteiger partial charge in [-0.1, -0.05) is 18.2 Å². The molecule has 1 atom stereocenters. The number of ketones is 1. The summed E-state index contributed by atoms with van der Waals surface area (Å²) in [5, 5.41) is 13.6. The van der Waals surface area contributed by atoms with Crippen molar-refractivity contribution in [3.05, 3.63) is 53.6 Å². The van der Waals surface area contributed by atoms with Gasteiger partial charge in [0.2, 0.25) is 0 Å². The van der Waals surface area contributed by atoms with Gasteiger partial charge in [0, 0.05) is 44.2 Å². The van der Waals surface area contributed by atoms with E-state index in [-0.39, 0.29) is 24.9 Å². The molecule has 194 valence electrons. The Kier molecular flexibility index (Phi) is 7.45. The van der Waals surface area contributed by atoms with E-state index in [2.05, 4.69) is 5.32 Å². The topological polar surface area (TPSA) is 97.3 Å². The van der Waals surface area contributed by atoms with Crippen molar-refractivity contribution in [1.29, 1.82) is 0 Å². The van der Waals surface area contributed by atoms with Gasteiger partial charge in [0.15, 0.2) is 5.78 Å². The summed E-state index contributed by atoms with van der Waals surface area (Å²) in [4.78, 5) is 27.0. The quantitative estimate of drug-likeness (QED) is 0.604. The number of hydrogen-bond donors (Lipinski definition) is 2. The largest absolute Gasteiger partial charge is 0.491 e. The van der Waals surface area contributed by atoms with Crippen molar-refractivity contribution in [2.75, 3.05) is 31.6 Å². The molecule has 0 radical (unpaired) electrons. The lowest BCUT2D eigenvalue weighted by Crippen LogP contribution is -2.52. The predicted molar refractivity (Wildman–Crippen MR) is 137 cm³/mol. The molecule has 2 N–H and O–H groups in total. The number of para-hydroxylation sites is 1. The molecule has 2 heterocycles. The molecule has 0 saturated carbocycles. The van der Waals surface area contributed by atoms with Gasteiger partial charge in [-0.25, -0.2) is 4.79 Å². The first-order valence-electron chi connectivity index (χ1n) is 12.5. The van der Waals surface area contributed by atoms with Gasteiger partial charge in [-0.2, -0.15) is 0 Å². The van der Waals surface area contributed by atoms with Crippen LogP contribution in [-0.2, 0) is 4.74 Å². The molecule has 1 fully saturated rings. The Morgan fingerprint density at radius 3 is 2.61 bits per heavy atom. The number of nitrogens with zero attached hydrogens (tertiary/aromatic N) is 1. The van der Waals surface area contributed by atoms with E-state index in [1.807, 2.05) is 52.0 Å². The smallest absolute Gasteiger partial charge is 0.410 e. The van der Waals surface area contributed by atoms with Crippen LogP contribution in [0.4, 0.5) is 10.5 Å². The Hall–Kier alpha value is -3.26. The highest BCUT2D eigenvalue weighted by Gasteiger charge is 2.44. The van der Waals surface area contributed by atoms with Crippen LogP contribution in [-0.4, -0.2) is 65.4 Å². The molecular weight excluding hydrogens is 460 g/mol. The number of anilines is 1. The van der Waals surface area contributed by atoms with Crippen molar-refractivity contribution in [3.8, 4) is 11.5 Å². The summed E-state index contributed by atoms with van der Waals surface area (Å²) in [7, 11) is 0. The number of aryl methyl sites for hydroxylation is 1. The zero-order valence-corrected chi connectivity index (χ0v) is 21.5. The minimum atomic E-state index is -0.716. The van der Waals surface area contributed by atoms with Crippen LogP contribution in [0.1, 0.15) is 56.0 Å². The Morgan fingerprint density at radius 1 is 1.19 bits per heavy atom. The second kappa shape index (κ2) is 10.4. The maximum absolute atomic E-state index is 12.9. The molecule has 1 amide bonds. The molecule has 0 bridgehead atoms. The molecule has 8 heteroatoms. The number of benzene rings is 2. The SMILES string of the molecule is Cc1ccccc1NCC(O)COc1ccc2c(c1)OC1(CCN(C(=O)OC(C)(C)C)CC1)CC2=O. The second-order valence-electron chi connectivity index (χ2n) is 10.7. The lowest BCUT2D eigenvalue weighted by Gasteiger charge is -2.44. The summed E-state index contributed by atoms with van der Waals surface area (Å²) in [6.45, 7) is 8.92. The van der Waals surface area contributed by atoms with Crippen LogP contribution in [0.3, 0.4) is 0 Å². The fourth-order valence-corrected chi connectivity index (χ4v) is 4.52. The lowest BCUT2D eigenvalue weighted by molar-refractivity contribution is -0.0227. The fourth-order valence-electron chi connectivity index (χ4n) is 4.52. The summed E-state index contributed by atoms with van der Waals surface area (Å²) in [5.74, 6) is 1.04. The number of likely N-dealkylation sites (tertiary alicyclic amines) is 1. The van der Waals surface area contributed by atoms with Gasteiger partial charge in [0.05, 0.1) is 12.0 Å². The number of ether oxygens (including phenoxy) is 3. The molecule has 1 spiro atoms. The van der Waals surface area contributed by atoms with Gasteiger partial charge in [-0.05, 0) is 51.5 Å². The molecule has 0 aliphatic carbocycles. The number of nitrogens with one attached hydrogen (secondary N) is 1. The van der Waals surface area contributed by atoms with Crippen LogP contribution in [0.2, 0.25) is 0 Å². The normalized spacial score (nSPS) is 17.7. The fraction of sp³-hybridized carbons (Fsp3) is 0.500. The predicted octanol–water partition coefficient (Wildman–Crippen LogP) is 4.58. The molecule has 1 saturated heterocycles. The zero-order valence-electron chi connectivity index (χ0n) is 21.5. The number of fused-ring (bicyclic) bond motifs is 1. The molecule has 2 aromatic carbocycles. The van der Waals surface area contributed by atoms with E-state index in [0.29, 0.717) is 49.5 Å². The molecular formula is C28H36N2O6. The summed E-state index contributed by atoms with van der Waals surface area (Å²) >= 11 is 0. The first-order valence-corrected chi connectivity index (χ1v) is 12.5.